The molecule has 160 valence electrons. The first-order valence-electron chi connectivity index (χ1n) is 10.2. The lowest BCUT2D eigenvalue weighted by molar-refractivity contribution is -0.143. The predicted octanol–water partition coefficient (Wildman–Crippen LogP) is 5.01. The van der Waals surface area contributed by atoms with Crippen molar-refractivity contribution in [2.75, 3.05) is 11.5 Å². The van der Waals surface area contributed by atoms with Crippen molar-refractivity contribution in [1.29, 1.82) is 0 Å². The molecule has 31 heavy (non-hydrogen) atoms. The molecule has 1 unspecified atom stereocenters. The van der Waals surface area contributed by atoms with Crippen molar-refractivity contribution in [2.24, 2.45) is 0 Å². The molecule has 0 aliphatic carbocycles. The maximum absolute atomic E-state index is 14.0. The number of hydrogen-bond donors (Lipinski definition) is 0. The number of ether oxygens (including phenoxy) is 1. The molecule has 1 aliphatic rings. The van der Waals surface area contributed by atoms with Crippen LogP contribution in [0.4, 0.5) is 11.4 Å². The molecule has 0 saturated carbocycles. The summed E-state index contributed by atoms with van der Waals surface area (Å²) in [6, 6.07) is 21.4. The Morgan fingerprint density at radius 3 is 2.39 bits per heavy atom. The van der Waals surface area contributed by atoms with Crippen molar-refractivity contribution in [1.82, 2.24) is 4.98 Å². The number of aromatic nitrogens is 1. The first-order valence-corrected chi connectivity index (χ1v) is 10.2. The fraction of sp³-hybridized carbons (Fsp3) is 0.240. The Labute approximate surface area is 188 Å². The third-order valence-electron chi connectivity index (χ3n) is 5.60. The van der Waals surface area contributed by atoms with Gasteiger partial charge < -0.3 is 4.74 Å². The lowest BCUT2D eigenvalue weighted by Gasteiger charge is -2.29. The molecule has 0 bridgehead atoms. The van der Waals surface area contributed by atoms with Crippen molar-refractivity contribution in [3.05, 3.63) is 90.3 Å². The molecule has 4 rings (SSSR count). The lowest BCUT2D eigenvalue weighted by atomic mass is 9.73. The standard InChI is InChI=1S/C25H24N2O3.ClH/c1-2-30-23(28)12-15-25(18-19-13-16-26-17-14-19)21-10-6-7-11-22(21)27(24(25)29)20-8-4-3-5-9-20;/h3-11,13-14,16-17H,2,12,15,18H2,1H3;1H. The molecule has 6 heteroatoms. The average molecular weight is 437 g/mol. The smallest absolute Gasteiger partial charge is 0.305 e. The molecule has 0 N–H and O–H groups in total. The molecule has 1 aliphatic heterocycles. The van der Waals surface area contributed by atoms with Crippen LogP contribution in [0.1, 0.15) is 30.9 Å². The first-order chi connectivity index (χ1) is 14.7. The highest BCUT2D eigenvalue weighted by molar-refractivity contribution is 6.13. The van der Waals surface area contributed by atoms with Gasteiger partial charge in [-0.1, -0.05) is 36.4 Å². The zero-order chi connectivity index (χ0) is 21.0. The number of anilines is 2. The van der Waals surface area contributed by atoms with Gasteiger partial charge in [0.1, 0.15) is 0 Å². The van der Waals surface area contributed by atoms with E-state index in [0.29, 0.717) is 19.4 Å². The summed E-state index contributed by atoms with van der Waals surface area (Å²) in [5, 5.41) is 0. The summed E-state index contributed by atoms with van der Waals surface area (Å²) in [6.07, 6.45) is 4.52. The number of fused-ring (bicyclic) bond motifs is 1. The van der Waals surface area contributed by atoms with Crippen molar-refractivity contribution in [3.63, 3.8) is 0 Å². The van der Waals surface area contributed by atoms with Crippen molar-refractivity contribution in [2.45, 2.75) is 31.6 Å². The Morgan fingerprint density at radius 2 is 1.68 bits per heavy atom. The monoisotopic (exact) mass is 436 g/mol. The van der Waals surface area contributed by atoms with Crippen molar-refractivity contribution >= 4 is 35.7 Å². The number of pyridine rings is 1. The molecule has 2 heterocycles. The van der Waals surface area contributed by atoms with E-state index >= 15 is 0 Å². The topological polar surface area (TPSA) is 59.5 Å². The van der Waals surface area contributed by atoms with Gasteiger partial charge in [-0.05, 0) is 61.2 Å². The summed E-state index contributed by atoms with van der Waals surface area (Å²) in [5.74, 6) is -0.300. The van der Waals surface area contributed by atoms with Gasteiger partial charge in [0.05, 0.1) is 17.7 Å². The van der Waals surface area contributed by atoms with Gasteiger partial charge in [0, 0.05) is 24.5 Å². The number of esters is 1. The van der Waals surface area contributed by atoms with E-state index in [9.17, 15) is 9.59 Å². The van der Waals surface area contributed by atoms with E-state index in [0.717, 1.165) is 22.5 Å². The third-order valence-corrected chi connectivity index (χ3v) is 5.60. The van der Waals surface area contributed by atoms with E-state index < -0.39 is 5.41 Å². The van der Waals surface area contributed by atoms with Gasteiger partial charge in [0.25, 0.3) is 0 Å². The fourth-order valence-corrected chi connectivity index (χ4v) is 4.24. The second-order valence-electron chi connectivity index (χ2n) is 7.41. The van der Waals surface area contributed by atoms with E-state index in [4.69, 9.17) is 4.74 Å². The molecule has 1 atom stereocenters. The van der Waals surface area contributed by atoms with Gasteiger partial charge in [0.2, 0.25) is 5.91 Å². The molecule has 0 fully saturated rings. The maximum atomic E-state index is 14.0. The first kappa shape index (κ1) is 22.5. The van der Waals surface area contributed by atoms with Gasteiger partial charge in [-0.3, -0.25) is 19.5 Å². The molecule has 2 aromatic carbocycles. The highest BCUT2D eigenvalue weighted by atomic mass is 35.5. The molecular formula is C25H25ClN2O3. The van der Waals surface area contributed by atoms with Crippen molar-refractivity contribution in [3.8, 4) is 0 Å². The Balaban J connectivity index is 0.00000272. The number of para-hydroxylation sites is 2. The van der Waals surface area contributed by atoms with E-state index in [1.165, 1.54) is 0 Å². The van der Waals surface area contributed by atoms with Gasteiger partial charge >= 0.3 is 5.97 Å². The van der Waals surface area contributed by atoms with Crippen LogP contribution in [0.3, 0.4) is 0 Å². The predicted molar refractivity (Wildman–Crippen MR) is 123 cm³/mol. The number of carbonyl (C=O) groups excluding carboxylic acids is 2. The normalized spacial score (nSPS) is 17.1. The van der Waals surface area contributed by atoms with Crippen LogP contribution >= 0.6 is 12.4 Å². The second-order valence-corrected chi connectivity index (χ2v) is 7.41. The van der Waals surface area contributed by atoms with Crippen LogP contribution in [-0.2, 0) is 26.2 Å². The largest absolute Gasteiger partial charge is 0.466 e. The lowest BCUT2D eigenvalue weighted by Crippen LogP contribution is -2.41. The van der Waals surface area contributed by atoms with Crippen LogP contribution in [0.15, 0.2) is 79.1 Å². The molecule has 0 radical (unpaired) electrons. The minimum atomic E-state index is -0.847. The molecule has 5 nitrogen and oxygen atoms in total. The number of amides is 1. The number of benzene rings is 2. The van der Waals surface area contributed by atoms with Gasteiger partial charge in [-0.2, -0.15) is 0 Å². The van der Waals surface area contributed by atoms with Crippen LogP contribution < -0.4 is 4.90 Å². The summed E-state index contributed by atoms with van der Waals surface area (Å²) in [6.45, 7) is 2.12. The summed E-state index contributed by atoms with van der Waals surface area (Å²) in [5.41, 5.74) is 2.79. The van der Waals surface area contributed by atoms with Gasteiger partial charge in [0.15, 0.2) is 0 Å². The number of halogens is 1. The molecule has 1 amide bonds. The highest BCUT2D eigenvalue weighted by Crippen LogP contribution is 2.49. The molecule has 0 spiro atoms. The number of rotatable bonds is 7. The molecule has 3 aromatic rings. The summed E-state index contributed by atoms with van der Waals surface area (Å²) < 4.78 is 5.16. The molecule has 0 saturated heterocycles. The van der Waals surface area contributed by atoms with E-state index in [1.54, 1.807) is 24.2 Å². The molecular weight excluding hydrogens is 412 g/mol. The maximum Gasteiger partial charge on any atom is 0.305 e. The van der Waals surface area contributed by atoms with E-state index in [1.807, 2.05) is 66.7 Å². The summed E-state index contributed by atoms with van der Waals surface area (Å²) >= 11 is 0. The fourth-order valence-electron chi connectivity index (χ4n) is 4.24. The summed E-state index contributed by atoms with van der Waals surface area (Å²) in [4.78, 5) is 32.1. The Hall–Kier alpha value is -3.18. The van der Waals surface area contributed by atoms with Crippen molar-refractivity contribution < 1.29 is 14.3 Å². The molecule has 1 aromatic heterocycles. The third kappa shape index (κ3) is 4.32. The van der Waals surface area contributed by atoms with Crippen LogP contribution in [-0.4, -0.2) is 23.5 Å². The number of hydrogen-bond acceptors (Lipinski definition) is 4. The Morgan fingerprint density at radius 1 is 1.00 bits per heavy atom. The van der Waals surface area contributed by atoms with Crippen LogP contribution in [0, 0.1) is 0 Å². The quantitative estimate of drug-likeness (QED) is 0.489. The van der Waals surface area contributed by atoms with Crippen LogP contribution in [0.25, 0.3) is 0 Å². The highest BCUT2D eigenvalue weighted by Gasteiger charge is 2.51. The second kappa shape index (κ2) is 9.75. The Bertz CT molecular complexity index is 1040. The van der Waals surface area contributed by atoms with E-state index in [-0.39, 0.29) is 30.7 Å². The zero-order valence-electron chi connectivity index (χ0n) is 17.4. The number of nitrogens with zero attached hydrogens (tertiary/aromatic N) is 2. The Kier molecular flexibility index (Phi) is 7.08. The zero-order valence-corrected chi connectivity index (χ0v) is 18.2. The minimum Gasteiger partial charge on any atom is -0.466 e. The minimum absolute atomic E-state index is 0. The van der Waals surface area contributed by atoms with E-state index in [2.05, 4.69) is 4.98 Å². The number of carbonyl (C=O) groups is 2. The van der Waals surface area contributed by atoms with Gasteiger partial charge in [-0.25, -0.2) is 0 Å². The van der Waals surface area contributed by atoms with Gasteiger partial charge in [-0.15, -0.1) is 12.4 Å². The average Bonchev–Trinajstić information content (AvgIpc) is 3.02. The SMILES string of the molecule is CCOC(=O)CCC1(Cc2ccncc2)C(=O)N(c2ccccc2)c2ccccc21.Cl. The van der Waals surface area contributed by atoms with Crippen LogP contribution in [0.5, 0.6) is 0 Å². The van der Waals surface area contributed by atoms with Crippen LogP contribution in [0.2, 0.25) is 0 Å². The summed E-state index contributed by atoms with van der Waals surface area (Å²) in [7, 11) is 0.